The van der Waals surface area contributed by atoms with Crippen LogP contribution in [0.5, 0.6) is 0 Å². The van der Waals surface area contributed by atoms with Gasteiger partial charge >= 0.3 is 5.97 Å². The van der Waals surface area contributed by atoms with E-state index in [1.807, 2.05) is 32.0 Å². The minimum Gasteiger partial charge on any atom is -0.481 e. The average molecular weight is 310 g/mol. The van der Waals surface area contributed by atoms with Gasteiger partial charge in [0, 0.05) is 18.1 Å². The molecule has 21 heavy (non-hydrogen) atoms. The molecule has 0 aromatic heterocycles. The topological polar surface area (TPSA) is 57.6 Å². The summed E-state index contributed by atoms with van der Waals surface area (Å²) in [5.41, 5.74) is 0.210. The fraction of sp³-hybridized carbons (Fsp3) is 0.500. The predicted octanol–water partition coefficient (Wildman–Crippen LogP) is 2.94. The monoisotopic (exact) mass is 309 g/mol. The highest BCUT2D eigenvalue weighted by atomic mass is 35.5. The van der Waals surface area contributed by atoms with Crippen LogP contribution in [0.25, 0.3) is 0 Å². The van der Waals surface area contributed by atoms with Crippen LogP contribution in [-0.4, -0.2) is 35.0 Å². The summed E-state index contributed by atoms with van der Waals surface area (Å²) in [7, 11) is 0. The molecule has 2 rings (SSSR count). The van der Waals surface area contributed by atoms with Crippen molar-refractivity contribution in [1.82, 2.24) is 4.90 Å². The van der Waals surface area contributed by atoms with Crippen LogP contribution in [0.4, 0.5) is 0 Å². The summed E-state index contributed by atoms with van der Waals surface area (Å²) in [5, 5.41) is 9.62. The van der Waals surface area contributed by atoms with Crippen molar-refractivity contribution < 1.29 is 14.7 Å². The molecule has 0 radical (unpaired) electrons. The van der Waals surface area contributed by atoms with Crippen LogP contribution in [0, 0.1) is 5.92 Å². The lowest BCUT2D eigenvalue weighted by Crippen LogP contribution is -2.47. The van der Waals surface area contributed by atoms with Gasteiger partial charge in [0.25, 0.3) is 0 Å². The quantitative estimate of drug-likeness (QED) is 0.934. The van der Waals surface area contributed by atoms with E-state index in [2.05, 4.69) is 0 Å². The molecule has 0 aliphatic carbocycles. The Balaban J connectivity index is 2.11. The van der Waals surface area contributed by atoms with Crippen molar-refractivity contribution in [2.75, 3.05) is 13.1 Å². The molecule has 0 saturated carbocycles. The van der Waals surface area contributed by atoms with Gasteiger partial charge in [-0.15, -0.1) is 0 Å². The predicted molar refractivity (Wildman–Crippen MR) is 81.4 cm³/mol. The molecule has 5 heteroatoms. The molecule has 0 bridgehead atoms. The number of likely N-dealkylation sites (tertiary alicyclic amines) is 1. The molecule has 1 fully saturated rings. The maximum absolute atomic E-state index is 12.7. The normalized spacial score (nSPS) is 16.8. The number of hydrogen-bond acceptors (Lipinski definition) is 2. The van der Waals surface area contributed by atoms with Gasteiger partial charge in [-0.3, -0.25) is 9.59 Å². The van der Waals surface area contributed by atoms with Crippen molar-refractivity contribution in [2.45, 2.75) is 32.1 Å². The standard InChI is InChI=1S/C16H20ClNO3/c1-16(2,12-4-3-5-13(17)10-12)15(21)18-8-6-11(7-9-18)14(19)20/h3-5,10-11H,6-9H2,1-2H3,(H,19,20). The summed E-state index contributed by atoms with van der Waals surface area (Å²) < 4.78 is 0. The zero-order valence-electron chi connectivity index (χ0n) is 12.3. The summed E-state index contributed by atoms with van der Waals surface area (Å²) in [6.07, 6.45) is 1.04. The summed E-state index contributed by atoms with van der Waals surface area (Å²) in [6.45, 7) is 4.76. The van der Waals surface area contributed by atoms with E-state index in [0.29, 0.717) is 31.0 Å². The van der Waals surface area contributed by atoms with Gasteiger partial charge in [0.1, 0.15) is 0 Å². The Morgan fingerprint density at radius 1 is 1.29 bits per heavy atom. The van der Waals surface area contributed by atoms with Crippen LogP contribution < -0.4 is 0 Å². The largest absolute Gasteiger partial charge is 0.481 e. The number of hydrogen-bond donors (Lipinski definition) is 1. The summed E-state index contributed by atoms with van der Waals surface area (Å²) in [4.78, 5) is 25.5. The summed E-state index contributed by atoms with van der Waals surface area (Å²) in [6, 6.07) is 7.32. The first-order chi connectivity index (χ1) is 9.82. The molecule has 1 aliphatic rings. The molecule has 0 unspecified atom stereocenters. The molecule has 4 nitrogen and oxygen atoms in total. The van der Waals surface area contributed by atoms with Crippen LogP contribution in [0.1, 0.15) is 32.3 Å². The second-order valence-electron chi connectivity index (χ2n) is 6.04. The van der Waals surface area contributed by atoms with E-state index in [0.717, 1.165) is 5.56 Å². The smallest absolute Gasteiger partial charge is 0.306 e. The van der Waals surface area contributed by atoms with Crippen molar-refractivity contribution in [3.63, 3.8) is 0 Å². The lowest BCUT2D eigenvalue weighted by Gasteiger charge is -2.36. The molecule has 1 aromatic carbocycles. The second-order valence-corrected chi connectivity index (χ2v) is 6.48. The molecule has 1 N–H and O–H groups in total. The molecule has 0 spiro atoms. The molecule has 114 valence electrons. The van der Waals surface area contributed by atoms with E-state index in [4.69, 9.17) is 16.7 Å². The Hall–Kier alpha value is -1.55. The Bertz CT molecular complexity index is 548. The van der Waals surface area contributed by atoms with Crippen LogP contribution in [0.15, 0.2) is 24.3 Å². The minimum atomic E-state index is -0.767. The molecule has 1 heterocycles. The number of amides is 1. The van der Waals surface area contributed by atoms with E-state index in [-0.39, 0.29) is 11.8 Å². The third-order valence-electron chi connectivity index (χ3n) is 4.21. The number of carboxylic acid groups (broad SMARTS) is 1. The van der Waals surface area contributed by atoms with E-state index in [1.54, 1.807) is 11.0 Å². The van der Waals surface area contributed by atoms with Crippen molar-refractivity contribution >= 4 is 23.5 Å². The zero-order chi connectivity index (χ0) is 15.6. The van der Waals surface area contributed by atoms with Gasteiger partial charge in [-0.2, -0.15) is 0 Å². The van der Waals surface area contributed by atoms with Crippen molar-refractivity contribution in [3.05, 3.63) is 34.9 Å². The number of piperidine rings is 1. The maximum atomic E-state index is 12.7. The third kappa shape index (κ3) is 3.38. The minimum absolute atomic E-state index is 0.0219. The first kappa shape index (κ1) is 15.8. The first-order valence-corrected chi connectivity index (χ1v) is 7.48. The lowest BCUT2D eigenvalue weighted by molar-refractivity contribution is -0.147. The fourth-order valence-electron chi connectivity index (χ4n) is 2.73. The van der Waals surface area contributed by atoms with Gasteiger partial charge in [-0.1, -0.05) is 23.7 Å². The van der Waals surface area contributed by atoms with Crippen LogP contribution in [0.2, 0.25) is 5.02 Å². The van der Waals surface area contributed by atoms with Crippen molar-refractivity contribution in [2.24, 2.45) is 5.92 Å². The first-order valence-electron chi connectivity index (χ1n) is 7.10. The van der Waals surface area contributed by atoms with Gasteiger partial charge in [0.05, 0.1) is 11.3 Å². The Morgan fingerprint density at radius 3 is 2.43 bits per heavy atom. The van der Waals surface area contributed by atoms with Crippen LogP contribution >= 0.6 is 11.6 Å². The Morgan fingerprint density at radius 2 is 1.90 bits per heavy atom. The highest BCUT2D eigenvalue weighted by Crippen LogP contribution is 2.29. The van der Waals surface area contributed by atoms with Gasteiger partial charge in [-0.05, 0) is 44.4 Å². The summed E-state index contributed by atoms with van der Waals surface area (Å²) in [5.74, 6) is -1.08. The maximum Gasteiger partial charge on any atom is 0.306 e. The number of carbonyl (C=O) groups is 2. The number of aliphatic carboxylic acids is 1. The van der Waals surface area contributed by atoms with Crippen molar-refractivity contribution in [3.8, 4) is 0 Å². The number of carboxylic acids is 1. The van der Waals surface area contributed by atoms with Gasteiger partial charge in [-0.25, -0.2) is 0 Å². The number of rotatable bonds is 3. The van der Waals surface area contributed by atoms with Gasteiger partial charge in [0.2, 0.25) is 5.91 Å². The van der Waals surface area contributed by atoms with Gasteiger partial charge in [0.15, 0.2) is 0 Å². The molecular weight excluding hydrogens is 290 g/mol. The average Bonchev–Trinajstić information content (AvgIpc) is 2.46. The van der Waals surface area contributed by atoms with Crippen LogP contribution in [-0.2, 0) is 15.0 Å². The van der Waals surface area contributed by atoms with Crippen LogP contribution in [0.3, 0.4) is 0 Å². The number of nitrogens with zero attached hydrogens (tertiary/aromatic N) is 1. The van der Waals surface area contributed by atoms with Crippen molar-refractivity contribution in [1.29, 1.82) is 0 Å². The molecule has 1 aliphatic heterocycles. The van der Waals surface area contributed by atoms with E-state index < -0.39 is 11.4 Å². The zero-order valence-corrected chi connectivity index (χ0v) is 13.1. The van der Waals surface area contributed by atoms with E-state index in [1.165, 1.54) is 0 Å². The highest BCUT2D eigenvalue weighted by Gasteiger charge is 2.36. The fourth-order valence-corrected chi connectivity index (χ4v) is 2.92. The Kier molecular flexibility index (Phi) is 4.57. The summed E-state index contributed by atoms with van der Waals surface area (Å²) >= 11 is 6.01. The second kappa shape index (κ2) is 6.06. The molecule has 1 aromatic rings. The number of carbonyl (C=O) groups excluding carboxylic acids is 1. The lowest BCUT2D eigenvalue weighted by atomic mass is 9.82. The Labute approximate surface area is 129 Å². The SMILES string of the molecule is CC(C)(C(=O)N1CCC(C(=O)O)CC1)c1cccc(Cl)c1. The molecular formula is C16H20ClNO3. The van der Waals surface area contributed by atoms with E-state index >= 15 is 0 Å². The number of benzene rings is 1. The highest BCUT2D eigenvalue weighted by molar-refractivity contribution is 6.30. The molecule has 1 amide bonds. The number of halogens is 1. The van der Waals surface area contributed by atoms with E-state index in [9.17, 15) is 9.59 Å². The van der Waals surface area contributed by atoms with Gasteiger partial charge < -0.3 is 10.0 Å². The molecule has 1 saturated heterocycles. The third-order valence-corrected chi connectivity index (χ3v) is 4.45. The molecule has 0 atom stereocenters.